The van der Waals surface area contributed by atoms with Crippen LogP contribution in [-0.4, -0.2) is 61.0 Å². The van der Waals surface area contributed by atoms with Crippen LogP contribution in [0.2, 0.25) is 0 Å². The average molecular weight is 264 g/mol. The second kappa shape index (κ2) is 8.61. The molecule has 0 aliphatic heterocycles. The van der Waals surface area contributed by atoms with Crippen LogP contribution in [0.1, 0.15) is 12.1 Å². The summed E-state index contributed by atoms with van der Waals surface area (Å²) in [6.45, 7) is 2.61. The third-order valence-electron chi connectivity index (χ3n) is 3.00. The number of nitrogens with two attached hydrogens (primary N) is 1. The van der Waals surface area contributed by atoms with Gasteiger partial charge in [-0.2, -0.15) is 0 Å². The highest BCUT2D eigenvalue weighted by molar-refractivity contribution is 5.77. The standard InChI is InChI=1S/C14H24N4O/c1-17(11-7-13-6-3-4-9-16-13)12-14(19)18(2)10-5-8-15/h3-4,6,9H,5,7-8,10-12,15H2,1-2H3. The van der Waals surface area contributed by atoms with Gasteiger partial charge < -0.3 is 10.6 Å². The molecule has 0 aliphatic carbocycles. The van der Waals surface area contributed by atoms with Crippen LogP contribution in [0.3, 0.4) is 0 Å². The Morgan fingerprint density at radius 3 is 2.74 bits per heavy atom. The first-order valence-electron chi connectivity index (χ1n) is 6.66. The van der Waals surface area contributed by atoms with Crippen LogP contribution in [0.25, 0.3) is 0 Å². The van der Waals surface area contributed by atoms with Gasteiger partial charge in [0.15, 0.2) is 0 Å². The molecular formula is C14H24N4O. The molecule has 0 radical (unpaired) electrons. The van der Waals surface area contributed by atoms with Crippen LogP contribution in [0.4, 0.5) is 0 Å². The van der Waals surface area contributed by atoms with Gasteiger partial charge in [-0.1, -0.05) is 6.07 Å². The monoisotopic (exact) mass is 264 g/mol. The maximum Gasteiger partial charge on any atom is 0.236 e. The summed E-state index contributed by atoms with van der Waals surface area (Å²) >= 11 is 0. The first kappa shape index (κ1) is 15.6. The largest absolute Gasteiger partial charge is 0.345 e. The summed E-state index contributed by atoms with van der Waals surface area (Å²) < 4.78 is 0. The number of pyridine rings is 1. The fourth-order valence-electron chi connectivity index (χ4n) is 1.74. The van der Waals surface area contributed by atoms with E-state index < -0.39 is 0 Å². The Morgan fingerprint density at radius 1 is 1.32 bits per heavy atom. The van der Waals surface area contributed by atoms with Gasteiger partial charge in [-0.05, 0) is 32.1 Å². The summed E-state index contributed by atoms with van der Waals surface area (Å²) in [7, 11) is 3.78. The van der Waals surface area contributed by atoms with Crippen LogP contribution in [0.5, 0.6) is 0 Å². The summed E-state index contributed by atoms with van der Waals surface area (Å²) in [4.78, 5) is 19.9. The maximum absolute atomic E-state index is 11.9. The Hall–Kier alpha value is -1.46. The van der Waals surface area contributed by atoms with E-state index in [1.807, 2.05) is 37.2 Å². The van der Waals surface area contributed by atoms with E-state index in [0.29, 0.717) is 13.1 Å². The highest BCUT2D eigenvalue weighted by atomic mass is 16.2. The van der Waals surface area contributed by atoms with Crippen molar-refractivity contribution in [3.63, 3.8) is 0 Å². The van der Waals surface area contributed by atoms with Crippen LogP contribution in [0, 0.1) is 0 Å². The molecule has 0 saturated heterocycles. The molecule has 19 heavy (non-hydrogen) atoms. The van der Waals surface area contributed by atoms with Crippen molar-refractivity contribution in [2.75, 3.05) is 40.3 Å². The Kier molecular flexibility index (Phi) is 7.07. The first-order chi connectivity index (χ1) is 9.13. The highest BCUT2D eigenvalue weighted by Crippen LogP contribution is 1.97. The van der Waals surface area contributed by atoms with Gasteiger partial charge in [0.2, 0.25) is 5.91 Å². The summed E-state index contributed by atoms with van der Waals surface area (Å²) in [6.07, 6.45) is 3.50. The van der Waals surface area contributed by atoms with Crippen LogP contribution < -0.4 is 5.73 Å². The SMILES string of the molecule is CN(CCc1ccccn1)CC(=O)N(C)CCCN. The van der Waals surface area contributed by atoms with Gasteiger partial charge in [-0.3, -0.25) is 14.7 Å². The number of rotatable bonds is 8. The molecule has 0 unspecified atom stereocenters. The lowest BCUT2D eigenvalue weighted by molar-refractivity contribution is -0.130. The number of hydrogen-bond acceptors (Lipinski definition) is 4. The van der Waals surface area contributed by atoms with Gasteiger partial charge in [0, 0.05) is 38.4 Å². The van der Waals surface area contributed by atoms with E-state index in [1.54, 1.807) is 11.1 Å². The van der Waals surface area contributed by atoms with Crippen molar-refractivity contribution in [3.8, 4) is 0 Å². The van der Waals surface area contributed by atoms with Gasteiger partial charge in [0.1, 0.15) is 0 Å². The summed E-state index contributed by atoms with van der Waals surface area (Å²) in [6, 6.07) is 5.89. The minimum Gasteiger partial charge on any atom is -0.345 e. The summed E-state index contributed by atoms with van der Waals surface area (Å²) in [5, 5.41) is 0. The van der Waals surface area contributed by atoms with Crippen LogP contribution >= 0.6 is 0 Å². The molecule has 0 spiro atoms. The number of aromatic nitrogens is 1. The fourth-order valence-corrected chi connectivity index (χ4v) is 1.74. The predicted molar refractivity (Wildman–Crippen MR) is 76.7 cm³/mol. The third kappa shape index (κ3) is 6.31. The van der Waals surface area contributed by atoms with Gasteiger partial charge in [0.05, 0.1) is 6.54 Å². The van der Waals surface area contributed by atoms with Crippen molar-refractivity contribution in [3.05, 3.63) is 30.1 Å². The van der Waals surface area contributed by atoms with E-state index in [4.69, 9.17) is 5.73 Å². The molecule has 0 aromatic carbocycles. The van der Waals surface area contributed by atoms with Crippen molar-refractivity contribution in [2.45, 2.75) is 12.8 Å². The smallest absolute Gasteiger partial charge is 0.236 e. The first-order valence-corrected chi connectivity index (χ1v) is 6.66. The molecule has 5 heteroatoms. The van der Waals surface area contributed by atoms with Gasteiger partial charge in [0.25, 0.3) is 0 Å². The maximum atomic E-state index is 11.9. The lowest BCUT2D eigenvalue weighted by Crippen LogP contribution is -2.38. The lowest BCUT2D eigenvalue weighted by Gasteiger charge is -2.21. The number of carbonyl (C=O) groups is 1. The van der Waals surface area contributed by atoms with Crippen molar-refractivity contribution in [2.24, 2.45) is 5.73 Å². The molecule has 1 amide bonds. The molecule has 0 fully saturated rings. The number of likely N-dealkylation sites (N-methyl/N-ethyl adjacent to an activating group) is 2. The predicted octanol–water partition coefficient (Wildman–Crippen LogP) is 0.363. The molecule has 2 N–H and O–H groups in total. The second-order valence-electron chi connectivity index (χ2n) is 4.77. The molecule has 0 aliphatic rings. The molecule has 106 valence electrons. The van der Waals surface area contributed by atoms with Crippen LogP contribution in [0.15, 0.2) is 24.4 Å². The lowest BCUT2D eigenvalue weighted by atomic mass is 10.2. The Bertz CT molecular complexity index is 369. The van der Waals surface area contributed by atoms with Crippen LogP contribution in [-0.2, 0) is 11.2 Å². The summed E-state index contributed by atoms with van der Waals surface area (Å²) in [5.41, 5.74) is 6.49. The molecule has 1 aromatic rings. The molecule has 1 rings (SSSR count). The molecule has 0 bridgehead atoms. The van der Waals surface area contributed by atoms with Gasteiger partial charge in [-0.25, -0.2) is 0 Å². The molecule has 1 aromatic heterocycles. The molecule has 0 atom stereocenters. The van der Waals surface area contributed by atoms with E-state index in [9.17, 15) is 4.79 Å². The quantitative estimate of drug-likeness (QED) is 0.736. The zero-order chi connectivity index (χ0) is 14.1. The van der Waals surface area contributed by atoms with Gasteiger partial charge >= 0.3 is 0 Å². The number of nitrogens with zero attached hydrogens (tertiary/aromatic N) is 3. The minimum atomic E-state index is 0.136. The third-order valence-corrected chi connectivity index (χ3v) is 3.00. The van der Waals surface area contributed by atoms with Crippen molar-refractivity contribution in [1.29, 1.82) is 0 Å². The zero-order valence-corrected chi connectivity index (χ0v) is 11.9. The van der Waals surface area contributed by atoms with E-state index in [0.717, 1.165) is 31.6 Å². The van der Waals surface area contributed by atoms with Crippen molar-refractivity contribution in [1.82, 2.24) is 14.8 Å². The van der Waals surface area contributed by atoms with E-state index in [1.165, 1.54) is 0 Å². The minimum absolute atomic E-state index is 0.136. The number of carbonyl (C=O) groups excluding carboxylic acids is 1. The number of hydrogen-bond donors (Lipinski definition) is 1. The normalized spacial score (nSPS) is 10.7. The van der Waals surface area contributed by atoms with E-state index in [2.05, 4.69) is 4.98 Å². The average Bonchev–Trinajstić information content (AvgIpc) is 2.43. The Balaban J connectivity index is 2.26. The topological polar surface area (TPSA) is 62.5 Å². The van der Waals surface area contributed by atoms with Crippen molar-refractivity contribution < 1.29 is 4.79 Å². The fraction of sp³-hybridized carbons (Fsp3) is 0.571. The Morgan fingerprint density at radius 2 is 2.11 bits per heavy atom. The molecule has 1 heterocycles. The highest BCUT2D eigenvalue weighted by Gasteiger charge is 2.11. The summed E-state index contributed by atoms with van der Waals surface area (Å²) in [5.74, 6) is 0.136. The van der Waals surface area contributed by atoms with E-state index >= 15 is 0 Å². The number of amides is 1. The zero-order valence-electron chi connectivity index (χ0n) is 11.9. The molecule has 5 nitrogen and oxygen atoms in total. The Labute approximate surface area is 115 Å². The molecular weight excluding hydrogens is 240 g/mol. The van der Waals surface area contributed by atoms with E-state index in [-0.39, 0.29) is 5.91 Å². The molecule has 0 saturated carbocycles. The van der Waals surface area contributed by atoms with Crippen molar-refractivity contribution >= 4 is 5.91 Å². The van der Waals surface area contributed by atoms with Gasteiger partial charge in [-0.15, -0.1) is 0 Å². The second-order valence-corrected chi connectivity index (χ2v) is 4.77.